The maximum atomic E-state index is 14.3. The summed E-state index contributed by atoms with van der Waals surface area (Å²) in [6, 6.07) is 2.94. The molecule has 2 aromatic rings. The van der Waals surface area contributed by atoms with Crippen molar-refractivity contribution in [2.75, 3.05) is 38.3 Å². The van der Waals surface area contributed by atoms with Crippen LogP contribution in [0.5, 0.6) is 0 Å². The Morgan fingerprint density at radius 3 is 2.63 bits per heavy atom. The number of anilines is 2. The van der Waals surface area contributed by atoms with Gasteiger partial charge in [0.1, 0.15) is 0 Å². The Balaban J connectivity index is 1.66. The molecule has 0 bridgehead atoms. The Hall–Kier alpha value is -3.34. The van der Waals surface area contributed by atoms with Crippen LogP contribution in [0.3, 0.4) is 0 Å². The third-order valence-corrected chi connectivity index (χ3v) is 7.71. The summed E-state index contributed by atoms with van der Waals surface area (Å²) in [4.78, 5) is 15.9. The number of aromatic nitrogens is 2. The minimum atomic E-state index is -4.60. The number of benzene rings is 1. The number of fused-ring (bicyclic) bond motifs is 2. The Morgan fingerprint density at radius 1 is 1.21 bits per heavy atom. The summed E-state index contributed by atoms with van der Waals surface area (Å²) in [5, 5.41) is 15.5. The molecule has 0 aliphatic carbocycles. The normalized spacial score (nSPS) is 18.7. The van der Waals surface area contributed by atoms with Gasteiger partial charge in [0.2, 0.25) is 5.91 Å². The Labute approximate surface area is 219 Å². The predicted octanol–water partition coefficient (Wildman–Crippen LogP) is 4.45. The predicted molar refractivity (Wildman–Crippen MR) is 139 cm³/mol. The number of hydrogen-bond donors (Lipinski definition) is 2. The highest BCUT2D eigenvalue weighted by Gasteiger charge is 2.38. The lowest BCUT2D eigenvalue weighted by molar-refractivity contribution is -0.137. The van der Waals surface area contributed by atoms with Gasteiger partial charge in [-0.1, -0.05) is 0 Å². The van der Waals surface area contributed by atoms with Crippen molar-refractivity contribution < 1.29 is 22.7 Å². The van der Waals surface area contributed by atoms with Gasteiger partial charge >= 0.3 is 6.18 Å². The molecule has 1 amide bonds. The largest absolute Gasteiger partial charge is 0.417 e. The first-order valence-electron chi connectivity index (χ1n) is 13.1. The summed E-state index contributed by atoms with van der Waals surface area (Å²) in [6.07, 6.45) is 1.44. The van der Waals surface area contributed by atoms with E-state index < -0.39 is 11.7 Å². The van der Waals surface area contributed by atoms with E-state index in [0.29, 0.717) is 57.2 Å². The molecule has 38 heavy (non-hydrogen) atoms. The van der Waals surface area contributed by atoms with Crippen LogP contribution in [-0.2, 0) is 35.1 Å². The van der Waals surface area contributed by atoms with Gasteiger partial charge in [0, 0.05) is 81.6 Å². The molecule has 0 spiro atoms. The topological polar surface area (TPSA) is 86.5 Å². The number of nitrogens with zero attached hydrogens (tertiary/aromatic N) is 4. The number of nitrogens with one attached hydrogen (secondary N) is 2. The van der Waals surface area contributed by atoms with Crippen molar-refractivity contribution in [3.63, 3.8) is 0 Å². The van der Waals surface area contributed by atoms with Crippen LogP contribution < -0.4 is 10.2 Å². The van der Waals surface area contributed by atoms with E-state index in [1.165, 1.54) is 12.3 Å². The molecular weight excluding hydrogens is 497 g/mol. The fourth-order valence-electron chi connectivity index (χ4n) is 5.82. The summed E-state index contributed by atoms with van der Waals surface area (Å²) in [5.74, 6) is 0.608. The summed E-state index contributed by atoms with van der Waals surface area (Å²) in [7, 11) is 1.60. The zero-order valence-corrected chi connectivity index (χ0v) is 21.7. The van der Waals surface area contributed by atoms with Crippen molar-refractivity contribution in [2.45, 2.75) is 57.8 Å². The molecule has 0 saturated carbocycles. The molecule has 8 nitrogen and oxygen atoms in total. The van der Waals surface area contributed by atoms with E-state index in [-0.39, 0.29) is 23.1 Å². The minimum absolute atomic E-state index is 0.0139. The number of carbonyl (C=O) groups excluding carboxylic acids is 1. The maximum absolute atomic E-state index is 14.3. The van der Waals surface area contributed by atoms with Gasteiger partial charge in [-0.15, -0.1) is 0 Å². The number of alkyl halides is 3. The van der Waals surface area contributed by atoms with E-state index in [2.05, 4.69) is 10.00 Å². The smallest absolute Gasteiger partial charge is 0.393 e. The monoisotopic (exact) mass is 530 g/mol. The first-order valence-corrected chi connectivity index (χ1v) is 13.1. The molecule has 204 valence electrons. The van der Waals surface area contributed by atoms with E-state index in [0.717, 1.165) is 42.3 Å². The molecule has 1 aromatic carbocycles. The van der Waals surface area contributed by atoms with Crippen molar-refractivity contribution in [1.82, 2.24) is 20.0 Å². The second kappa shape index (κ2) is 10.4. The number of amides is 1. The molecule has 1 fully saturated rings. The zero-order chi connectivity index (χ0) is 27.0. The molecule has 4 heterocycles. The van der Waals surface area contributed by atoms with E-state index in [1.54, 1.807) is 24.9 Å². The van der Waals surface area contributed by atoms with Gasteiger partial charge in [-0.2, -0.15) is 18.3 Å². The Morgan fingerprint density at radius 2 is 1.97 bits per heavy atom. The molecule has 0 unspecified atom stereocenters. The summed E-state index contributed by atoms with van der Waals surface area (Å²) < 4.78 is 50.6. The molecule has 3 aliphatic heterocycles. The number of rotatable bonds is 5. The maximum Gasteiger partial charge on any atom is 0.417 e. The number of ether oxygens (including phenoxy) is 1. The number of hydrogen-bond acceptors (Lipinski definition) is 6. The highest BCUT2D eigenvalue weighted by Crippen LogP contribution is 2.44. The van der Waals surface area contributed by atoms with Crippen LogP contribution >= 0.6 is 0 Å². The lowest BCUT2D eigenvalue weighted by Crippen LogP contribution is -2.36. The van der Waals surface area contributed by atoms with Crippen molar-refractivity contribution in [1.29, 1.82) is 5.41 Å². The van der Waals surface area contributed by atoms with Crippen LogP contribution in [0, 0.1) is 5.41 Å². The number of halogens is 3. The van der Waals surface area contributed by atoms with E-state index in [9.17, 15) is 18.0 Å². The molecule has 5 rings (SSSR count). The van der Waals surface area contributed by atoms with Crippen LogP contribution in [0.2, 0.25) is 0 Å². The summed E-state index contributed by atoms with van der Waals surface area (Å²) in [5.41, 5.74) is 2.62. The number of aryl methyl sites for hydroxylation is 1. The van der Waals surface area contributed by atoms with Gasteiger partial charge in [0.15, 0.2) is 5.82 Å². The molecule has 1 saturated heterocycles. The molecule has 0 atom stereocenters. The van der Waals surface area contributed by atoms with Gasteiger partial charge in [-0.25, -0.2) is 0 Å². The molecule has 0 radical (unpaired) electrons. The van der Waals surface area contributed by atoms with Gasteiger partial charge in [0.05, 0.1) is 18.2 Å². The summed E-state index contributed by atoms with van der Waals surface area (Å²) >= 11 is 0. The molecular formula is C27H33F3N6O2. The van der Waals surface area contributed by atoms with Crippen molar-refractivity contribution in [2.24, 2.45) is 0 Å². The van der Waals surface area contributed by atoms with Crippen molar-refractivity contribution in [3.8, 4) is 0 Å². The highest BCUT2D eigenvalue weighted by atomic mass is 19.4. The van der Waals surface area contributed by atoms with Gasteiger partial charge < -0.3 is 25.3 Å². The van der Waals surface area contributed by atoms with Gasteiger partial charge in [0.25, 0.3) is 0 Å². The first-order chi connectivity index (χ1) is 18.2. The van der Waals surface area contributed by atoms with Crippen LogP contribution in [0.1, 0.15) is 60.2 Å². The summed E-state index contributed by atoms with van der Waals surface area (Å²) in [6.45, 7) is 4.36. The van der Waals surface area contributed by atoms with E-state index in [1.807, 2.05) is 4.90 Å². The molecule has 3 aliphatic rings. The Bertz CT molecular complexity index is 1260. The van der Waals surface area contributed by atoms with E-state index >= 15 is 0 Å². The zero-order valence-electron chi connectivity index (χ0n) is 21.7. The van der Waals surface area contributed by atoms with Gasteiger partial charge in [-0.3, -0.25) is 9.48 Å². The minimum Gasteiger partial charge on any atom is -0.393 e. The molecule has 11 heteroatoms. The van der Waals surface area contributed by atoms with Crippen molar-refractivity contribution >= 4 is 29.2 Å². The number of allylic oxidation sites excluding steroid dienone is 1. The lowest BCUT2D eigenvalue weighted by Gasteiger charge is -2.33. The fraction of sp³-hybridized carbons (Fsp3) is 0.519. The highest BCUT2D eigenvalue weighted by molar-refractivity contribution is 6.09. The fourth-order valence-corrected chi connectivity index (χ4v) is 5.82. The first kappa shape index (κ1) is 26.3. The van der Waals surface area contributed by atoms with Crippen LogP contribution in [-0.4, -0.2) is 60.2 Å². The third kappa shape index (κ3) is 4.79. The number of carbonyl (C=O) groups is 1. The average molecular weight is 531 g/mol. The average Bonchev–Trinajstić information content (AvgIpc) is 3.29. The van der Waals surface area contributed by atoms with Crippen LogP contribution in [0.4, 0.5) is 24.7 Å². The SMILES string of the molecule is CN/C=C(\C=N)c1cc2c(cc1C(F)(F)F)N(c1nn(C3CCOCC3)c3c1CN(C(C)=O)CC3)CCC2. The quantitative estimate of drug-likeness (QED) is 0.558. The van der Waals surface area contributed by atoms with Crippen LogP contribution in [0.25, 0.3) is 5.57 Å². The molecule has 2 N–H and O–H groups in total. The Kier molecular flexibility index (Phi) is 7.21. The lowest BCUT2D eigenvalue weighted by atomic mass is 9.91. The second-order valence-electron chi connectivity index (χ2n) is 10.0. The second-order valence-corrected chi connectivity index (χ2v) is 10.0. The van der Waals surface area contributed by atoms with Crippen LogP contribution in [0.15, 0.2) is 18.3 Å². The molecule has 1 aromatic heterocycles. The van der Waals surface area contributed by atoms with Gasteiger partial charge in [-0.05, 0) is 48.9 Å². The van der Waals surface area contributed by atoms with E-state index in [4.69, 9.17) is 15.2 Å². The van der Waals surface area contributed by atoms with Crippen molar-refractivity contribution in [3.05, 3.63) is 46.3 Å². The third-order valence-electron chi connectivity index (χ3n) is 7.71. The standard InChI is InChI=1S/C27H33F3N6O2/c1-17(37)34-9-5-24-22(16-34)26(33-36(24)20-6-10-38-11-7-20)35-8-3-4-18-12-21(19(14-31)15-32-2)23(13-25(18)35)27(28,29)30/h12-15,20,31-32H,3-11,16H2,1-2H3/b19-15+,31-14?.